The highest BCUT2D eigenvalue weighted by atomic mass is 19.1. The van der Waals surface area contributed by atoms with Crippen LogP contribution in [0.1, 0.15) is 5.56 Å². The topological polar surface area (TPSA) is 24.6 Å². The summed E-state index contributed by atoms with van der Waals surface area (Å²) in [7, 11) is 0. The van der Waals surface area contributed by atoms with Gasteiger partial charge in [0.15, 0.2) is 0 Å². The summed E-state index contributed by atoms with van der Waals surface area (Å²) in [6, 6.07) is 4.04. The van der Waals surface area contributed by atoms with E-state index >= 15 is 0 Å². The van der Waals surface area contributed by atoms with Crippen LogP contribution in [-0.4, -0.2) is 5.11 Å². The van der Waals surface area contributed by atoms with Gasteiger partial charge in [0.25, 0.3) is 0 Å². The molecular weight excluding hydrogens is 145 g/mol. The Hall–Kier alpha value is -1.40. The second kappa shape index (κ2) is 3.13. The predicted molar refractivity (Wildman–Crippen MR) is 38.6 cm³/mol. The lowest BCUT2D eigenvalue weighted by molar-refractivity contribution is 0.281. The Morgan fingerprint density at radius 3 is 2.73 bits per heavy atom. The third-order valence-electron chi connectivity index (χ3n) is 1.32. The van der Waals surface area contributed by atoms with Crippen molar-refractivity contribution in [3.8, 4) is 0 Å². The van der Waals surface area contributed by atoms with Crippen molar-refractivity contribution in [3.63, 3.8) is 0 Å². The van der Waals surface area contributed by atoms with Gasteiger partial charge in [-0.15, -0.1) is 0 Å². The molecule has 0 radical (unpaired) electrons. The lowest BCUT2D eigenvalue weighted by Gasteiger charge is -1.96. The lowest BCUT2D eigenvalue weighted by atomic mass is 10.2. The summed E-state index contributed by atoms with van der Waals surface area (Å²) in [6.45, 7) is 6.34. The first-order valence-corrected chi connectivity index (χ1v) is 3.04. The molecule has 0 aliphatic carbocycles. The molecule has 56 valence electrons. The average Bonchev–Trinajstić information content (AvgIpc) is 2.04. The Balaban J connectivity index is 3.12. The SMILES string of the molecule is [C-]#[N+]c1ccc(CO)cc1F. The van der Waals surface area contributed by atoms with E-state index in [9.17, 15) is 4.39 Å². The average molecular weight is 151 g/mol. The van der Waals surface area contributed by atoms with E-state index in [1.807, 2.05) is 0 Å². The van der Waals surface area contributed by atoms with E-state index in [0.717, 1.165) is 6.07 Å². The second-order valence-corrected chi connectivity index (χ2v) is 2.06. The summed E-state index contributed by atoms with van der Waals surface area (Å²) in [5, 5.41) is 8.58. The van der Waals surface area contributed by atoms with Crippen molar-refractivity contribution in [2.75, 3.05) is 0 Å². The van der Waals surface area contributed by atoms with E-state index in [0.29, 0.717) is 5.56 Å². The van der Waals surface area contributed by atoms with Crippen LogP contribution in [0.25, 0.3) is 4.85 Å². The van der Waals surface area contributed by atoms with Crippen molar-refractivity contribution in [2.45, 2.75) is 6.61 Å². The molecule has 0 aliphatic heterocycles. The van der Waals surface area contributed by atoms with Gasteiger partial charge in [-0.05, 0) is 11.6 Å². The molecule has 1 N–H and O–H groups in total. The van der Waals surface area contributed by atoms with Crippen molar-refractivity contribution in [3.05, 3.63) is 41.0 Å². The van der Waals surface area contributed by atoms with Gasteiger partial charge in [-0.3, -0.25) is 0 Å². The third-order valence-corrected chi connectivity index (χ3v) is 1.32. The zero-order chi connectivity index (χ0) is 8.27. The van der Waals surface area contributed by atoms with Gasteiger partial charge in [-0.1, -0.05) is 12.1 Å². The van der Waals surface area contributed by atoms with Gasteiger partial charge in [0, 0.05) is 0 Å². The first-order chi connectivity index (χ1) is 5.27. The van der Waals surface area contributed by atoms with E-state index in [2.05, 4.69) is 4.85 Å². The van der Waals surface area contributed by atoms with Crippen LogP contribution < -0.4 is 0 Å². The number of aliphatic hydroxyl groups is 1. The van der Waals surface area contributed by atoms with Crippen molar-refractivity contribution in [1.82, 2.24) is 0 Å². The van der Waals surface area contributed by atoms with Gasteiger partial charge in [-0.2, -0.15) is 0 Å². The van der Waals surface area contributed by atoms with Crippen LogP contribution in [0.5, 0.6) is 0 Å². The van der Waals surface area contributed by atoms with Gasteiger partial charge in [0.2, 0.25) is 5.69 Å². The maximum absolute atomic E-state index is 12.7. The molecule has 11 heavy (non-hydrogen) atoms. The summed E-state index contributed by atoms with van der Waals surface area (Å²) >= 11 is 0. The Morgan fingerprint density at radius 2 is 2.27 bits per heavy atom. The Bertz CT molecular complexity index is 303. The summed E-state index contributed by atoms with van der Waals surface area (Å²) in [6.07, 6.45) is 0. The van der Waals surface area contributed by atoms with Gasteiger partial charge in [0.1, 0.15) is 5.82 Å². The van der Waals surface area contributed by atoms with Crippen LogP contribution in [0.3, 0.4) is 0 Å². The molecule has 0 heterocycles. The molecule has 2 nitrogen and oxygen atoms in total. The molecule has 1 aromatic rings. The predicted octanol–water partition coefficient (Wildman–Crippen LogP) is 1.87. The summed E-state index contributed by atoms with van der Waals surface area (Å²) < 4.78 is 12.7. The zero-order valence-electron chi connectivity index (χ0n) is 5.71. The molecule has 1 rings (SSSR count). The van der Waals surface area contributed by atoms with Crippen LogP contribution in [0.2, 0.25) is 0 Å². The standard InChI is InChI=1S/C8H6FNO/c1-10-8-3-2-6(5-11)4-7(8)9/h2-4,11H,5H2. The maximum Gasteiger partial charge on any atom is 0.222 e. The molecule has 0 saturated heterocycles. The Kier molecular flexibility index (Phi) is 2.19. The highest BCUT2D eigenvalue weighted by Crippen LogP contribution is 2.18. The molecule has 1 aromatic carbocycles. The fourth-order valence-electron chi connectivity index (χ4n) is 0.739. The van der Waals surface area contributed by atoms with E-state index in [-0.39, 0.29) is 12.3 Å². The second-order valence-electron chi connectivity index (χ2n) is 2.06. The molecule has 0 unspecified atom stereocenters. The first-order valence-electron chi connectivity index (χ1n) is 3.04. The molecule has 0 amide bonds. The number of benzene rings is 1. The van der Waals surface area contributed by atoms with Crippen LogP contribution in [0, 0.1) is 12.4 Å². The van der Waals surface area contributed by atoms with Gasteiger partial charge in [-0.25, -0.2) is 9.24 Å². The van der Waals surface area contributed by atoms with Gasteiger partial charge < -0.3 is 5.11 Å². The monoisotopic (exact) mass is 151 g/mol. The Labute approximate surface area is 63.7 Å². The quantitative estimate of drug-likeness (QED) is 0.609. The number of hydrogen-bond acceptors (Lipinski definition) is 1. The number of halogens is 1. The van der Waals surface area contributed by atoms with Crippen LogP contribution in [-0.2, 0) is 6.61 Å². The highest BCUT2D eigenvalue weighted by molar-refractivity contribution is 5.46. The molecule has 0 atom stereocenters. The smallest absolute Gasteiger partial charge is 0.222 e. The highest BCUT2D eigenvalue weighted by Gasteiger charge is 2.00. The van der Waals surface area contributed by atoms with Crippen LogP contribution >= 0.6 is 0 Å². The van der Waals surface area contributed by atoms with E-state index < -0.39 is 5.82 Å². The minimum atomic E-state index is -0.577. The molecule has 3 heteroatoms. The fourth-order valence-corrected chi connectivity index (χ4v) is 0.739. The molecule has 0 spiro atoms. The number of nitrogens with zero attached hydrogens (tertiary/aromatic N) is 1. The normalized spacial score (nSPS) is 9.18. The molecule has 0 saturated carbocycles. The number of rotatable bonds is 1. The van der Waals surface area contributed by atoms with E-state index in [1.165, 1.54) is 12.1 Å². The maximum atomic E-state index is 12.7. The Morgan fingerprint density at radius 1 is 1.55 bits per heavy atom. The third kappa shape index (κ3) is 1.54. The first kappa shape index (κ1) is 7.70. The van der Waals surface area contributed by atoms with E-state index in [1.54, 1.807) is 0 Å². The van der Waals surface area contributed by atoms with Crippen molar-refractivity contribution < 1.29 is 9.50 Å². The fraction of sp³-hybridized carbons (Fsp3) is 0.125. The summed E-state index contributed by atoms with van der Waals surface area (Å²) in [4.78, 5) is 2.94. The largest absolute Gasteiger partial charge is 0.392 e. The lowest BCUT2D eigenvalue weighted by Crippen LogP contribution is -1.83. The van der Waals surface area contributed by atoms with Crippen molar-refractivity contribution >= 4 is 5.69 Å². The minimum absolute atomic E-state index is 0.0119. The zero-order valence-corrected chi connectivity index (χ0v) is 5.71. The molecule has 0 fully saturated rings. The summed E-state index contributed by atoms with van der Waals surface area (Å²) in [5.74, 6) is -0.577. The van der Waals surface area contributed by atoms with Crippen molar-refractivity contribution in [1.29, 1.82) is 0 Å². The molecular formula is C8H6FNO. The number of aliphatic hydroxyl groups excluding tert-OH is 1. The minimum Gasteiger partial charge on any atom is -0.392 e. The van der Waals surface area contributed by atoms with Gasteiger partial charge in [0.05, 0.1) is 13.2 Å². The molecule has 0 aromatic heterocycles. The van der Waals surface area contributed by atoms with E-state index in [4.69, 9.17) is 11.7 Å². The number of hydrogen-bond donors (Lipinski definition) is 1. The van der Waals surface area contributed by atoms with Crippen LogP contribution in [0.4, 0.5) is 10.1 Å². The molecule has 0 bridgehead atoms. The molecule has 0 aliphatic rings. The summed E-state index contributed by atoms with van der Waals surface area (Å²) in [5.41, 5.74) is 0.470. The van der Waals surface area contributed by atoms with Crippen LogP contribution in [0.15, 0.2) is 18.2 Å². The van der Waals surface area contributed by atoms with Gasteiger partial charge >= 0.3 is 0 Å². The van der Waals surface area contributed by atoms with Crippen molar-refractivity contribution in [2.24, 2.45) is 0 Å².